The molecule has 3 fully saturated rings. The first kappa shape index (κ1) is 12.0. The van der Waals surface area contributed by atoms with Gasteiger partial charge in [-0.1, -0.05) is 12.8 Å². The van der Waals surface area contributed by atoms with Crippen molar-refractivity contribution in [3.63, 3.8) is 0 Å². The Labute approximate surface area is 105 Å². The Hall–Kier alpha value is -0.0800. The van der Waals surface area contributed by atoms with E-state index in [4.69, 9.17) is 0 Å². The van der Waals surface area contributed by atoms with Gasteiger partial charge in [-0.15, -0.1) is 0 Å². The van der Waals surface area contributed by atoms with Crippen LogP contribution in [0.25, 0.3) is 0 Å². The van der Waals surface area contributed by atoms with Crippen molar-refractivity contribution in [2.45, 2.75) is 51.4 Å². The molecule has 0 aromatic heterocycles. The summed E-state index contributed by atoms with van der Waals surface area (Å²) in [7, 11) is 0. The first-order valence-electron chi connectivity index (χ1n) is 7.63. The molecule has 17 heavy (non-hydrogen) atoms. The Balaban J connectivity index is 1.56. The van der Waals surface area contributed by atoms with Gasteiger partial charge in [-0.05, 0) is 50.4 Å². The van der Waals surface area contributed by atoms with Crippen LogP contribution in [-0.4, -0.2) is 36.2 Å². The van der Waals surface area contributed by atoms with Gasteiger partial charge in [-0.3, -0.25) is 0 Å². The second-order valence-corrected chi connectivity index (χ2v) is 6.95. The molecule has 3 saturated carbocycles. The molecule has 3 aliphatic carbocycles. The predicted molar refractivity (Wildman–Crippen MR) is 69.9 cm³/mol. The maximum Gasteiger partial charge on any atom is 0.0499 e. The monoisotopic (exact) mass is 237 g/mol. The summed E-state index contributed by atoms with van der Waals surface area (Å²) < 4.78 is 0. The number of hydrogen-bond acceptors (Lipinski definition) is 2. The molecule has 98 valence electrons. The van der Waals surface area contributed by atoms with Crippen molar-refractivity contribution in [3.8, 4) is 0 Å². The van der Waals surface area contributed by atoms with E-state index in [0.29, 0.717) is 6.61 Å². The lowest BCUT2D eigenvalue weighted by Crippen LogP contribution is -2.40. The largest absolute Gasteiger partial charge is 0.396 e. The summed E-state index contributed by atoms with van der Waals surface area (Å²) in [6, 6.07) is 0. The van der Waals surface area contributed by atoms with Crippen molar-refractivity contribution in [1.82, 2.24) is 4.90 Å². The van der Waals surface area contributed by atoms with Crippen LogP contribution in [0.2, 0.25) is 0 Å². The number of hydrogen-bond donors (Lipinski definition) is 1. The van der Waals surface area contributed by atoms with Gasteiger partial charge < -0.3 is 10.0 Å². The minimum absolute atomic E-state index is 0.268. The molecule has 3 rings (SSSR count). The van der Waals surface area contributed by atoms with E-state index in [9.17, 15) is 5.11 Å². The highest BCUT2D eigenvalue weighted by Gasteiger charge is 2.37. The van der Waals surface area contributed by atoms with Crippen LogP contribution in [0.1, 0.15) is 51.4 Å². The Morgan fingerprint density at radius 2 is 1.47 bits per heavy atom. The summed E-state index contributed by atoms with van der Waals surface area (Å²) in [5.41, 5.74) is 0.268. The molecule has 0 aromatic carbocycles. The summed E-state index contributed by atoms with van der Waals surface area (Å²) in [5, 5.41) is 9.74. The van der Waals surface area contributed by atoms with Crippen LogP contribution in [0, 0.1) is 17.3 Å². The molecule has 0 amide bonds. The number of nitrogens with zero attached hydrogens (tertiary/aromatic N) is 1. The third kappa shape index (κ3) is 3.23. The van der Waals surface area contributed by atoms with Crippen LogP contribution in [0.4, 0.5) is 0 Å². The molecular formula is C15H27NO. The lowest BCUT2D eigenvalue weighted by Gasteiger charge is -2.34. The maximum atomic E-state index is 9.74. The Morgan fingerprint density at radius 3 is 1.88 bits per heavy atom. The Kier molecular flexibility index (Phi) is 3.45. The standard InChI is InChI=1S/C15H27NO/c17-12-15(7-1-2-8-15)11-16(9-13-3-4-13)10-14-5-6-14/h13-14,17H,1-12H2. The Morgan fingerprint density at radius 1 is 0.941 bits per heavy atom. The SMILES string of the molecule is OCC1(CN(CC2CC2)CC2CC2)CCCC1. The zero-order valence-electron chi connectivity index (χ0n) is 11.0. The molecule has 0 atom stereocenters. The number of aliphatic hydroxyl groups excluding tert-OH is 1. The molecule has 0 unspecified atom stereocenters. The van der Waals surface area contributed by atoms with E-state index in [1.54, 1.807) is 0 Å². The van der Waals surface area contributed by atoms with Crippen LogP contribution >= 0.6 is 0 Å². The number of rotatable bonds is 7. The van der Waals surface area contributed by atoms with Crippen molar-refractivity contribution < 1.29 is 5.11 Å². The van der Waals surface area contributed by atoms with Gasteiger partial charge in [0, 0.05) is 31.7 Å². The second kappa shape index (κ2) is 4.89. The third-order valence-electron chi connectivity index (χ3n) is 4.99. The van der Waals surface area contributed by atoms with Crippen molar-refractivity contribution in [2.75, 3.05) is 26.2 Å². The molecule has 1 N–H and O–H groups in total. The van der Waals surface area contributed by atoms with Gasteiger partial charge in [-0.25, -0.2) is 0 Å². The van der Waals surface area contributed by atoms with Crippen molar-refractivity contribution >= 4 is 0 Å². The smallest absolute Gasteiger partial charge is 0.0499 e. The van der Waals surface area contributed by atoms with Crippen LogP contribution < -0.4 is 0 Å². The highest BCUT2D eigenvalue weighted by Crippen LogP contribution is 2.41. The van der Waals surface area contributed by atoms with Gasteiger partial charge in [-0.2, -0.15) is 0 Å². The lowest BCUT2D eigenvalue weighted by molar-refractivity contribution is 0.0739. The van der Waals surface area contributed by atoms with Crippen molar-refractivity contribution in [3.05, 3.63) is 0 Å². The minimum atomic E-state index is 0.268. The first-order valence-corrected chi connectivity index (χ1v) is 7.63. The van der Waals surface area contributed by atoms with Crippen molar-refractivity contribution in [2.24, 2.45) is 17.3 Å². The maximum absolute atomic E-state index is 9.74. The molecule has 2 nitrogen and oxygen atoms in total. The van der Waals surface area contributed by atoms with Gasteiger partial charge in [0.2, 0.25) is 0 Å². The molecule has 0 bridgehead atoms. The predicted octanol–water partition coefficient (Wildman–Crippen LogP) is 2.66. The summed E-state index contributed by atoms with van der Waals surface area (Å²) in [4.78, 5) is 2.71. The van der Waals surface area contributed by atoms with Gasteiger partial charge in [0.1, 0.15) is 0 Å². The van der Waals surface area contributed by atoms with Crippen LogP contribution in [0.5, 0.6) is 0 Å². The zero-order valence-corrected chi connectivity index (χ0v) is 11.0. The quantitative estimate of drug-likeness (QED) is 0.736. The normalized spacial score (nSPS) is 27.9. The molecule has 3 aliphatic rings. The summed E-state index contributed by atoms with van der Waals surface area (Å²) in [6.45, 7) is 4.23. The second-order valence-electron chi connectivity index (χ2n) is 6.95. The molecule has 2 heteroatoms. The van der Waals surface area contributed by atoms with Crippen LogP contribution in [0.3, 0.4) is 0 Å². The van der Waals surface area contributed by atoms with Gasteiger partial charge in [0.05, 0.1) is 0 Å². The minimum Gasteiger partial charge on any atom is -0.396 e. The molecule has 0 aliphatic heterocycles. The van der Waals surface area contributed by atoms with E-state index in [0.717, 1.165) is 11.8 Å². The van der Waals surface area contributed by atoms with Crippen LogP contribution in [0.15, 0.2) is 0 Å². The van der Waals surface area contributed by atoms with Crippen LogP contribution in [-0.2, 0) is 0 Å². The van der Waals surface area contributed by atoms with E-state index >= 15 is 0 Å². The number of aliphatic hydroxyl groups is 1. The average molecular weight is 237 g/mol. The third-order valence-corrected chi connectivity index (χ3v) is 4.99. The highest BCUT2D eigenvalue weighted by atomic mass is 16.3. The van der Waals surface area contributed by atoms with E-state index in [2.05, 4.69) is 4.90 Å². The summed E-state index contributed by atoms with van der Waals surface area (Å²) in [5.74, 6) is 1.98. The topological polar surface area (TPSA) is 23.5 Å². The fourth-order valence-electron chi connectivity index (χ4n) is 3.50. The fraction of sp³-hybridized carbons (Fsp3) is 1.00. The molecule has 0 spiro atoms. The summed E-state index contributed by atoms with van der Waals surface area (Å²) >= 11 is 0. The van der Waals surface area contributed by atoms with E-state index in [1.165, 1.54) is 71.0 Å². The average Bonchev–Trinajstić information content (AvgIpc) is 3.23. The molecule has 0 aromatic rings. The van der Waals surface area contributed by atoms with Gasteiger partial charge in [0.25, 0.3) is 0 Å². The van der Waals surface area contributed by atoms with Gasteiger partial charge in [0.15, 0.2) is 0 Å². The van der Waals surface area contributed by atoms with Crippen molar-refractivity contribution in [1.29, 1.82) is 0 Å². The lowest BCUT2D eigenvalue weighted by atomic mass is 9.86. The molecule has 0 radical (unpaired) electrons. The van der Waals surface area contributed by atoms with E-state index < -0.39 is 0 Å². The molecule has 0 heterocycles. The summed E-state index contributed by atoms with van der Waals surface area (Å²) in [6.07, 6.45) is 11.0. The highest BCUT2D eigenvalue weighted by molar-refractivity contribution is 4.90. The van der Waals surface area contributed by atoms with E-state index in [1.807, 2.05) is 0 Å². The Bertz CT molecular complexity index is 238. The molecule has 0 saturated heterocycles. The molecular weight excluding hydrogens is 210 g/mol. The van der Waals surface area contributed by atoms with E-state index in [-0.39, 0.29) is 5.41 Å². The fourth-order valence-corrected chi connectivity index (χ4v) is 3.50. The first-order chi connectivity index (χ1) is 8.30. The zero-order chi connectivity index (χ0) is 11.7. The van der Waals surface area contributed by atoms with Gasteiger partial charge >= 0.3 is 0 Å².